The summed E-state index contributed by atoms with van der Waals surface area (Å²) < 4.78 is 99.8. The lowest BCUT2D eigenvalue weighted by atomic mass is 9.88. The number of carboxylic acids is 1. The Labute approximate surface area is 662 Å². The van der Waals surface area contributed by atoms with Crippen LogP contribution in [0.1, 0.15) is 41.0 Å². The summed E-state index contributed by atoms with van der Waals surface area (Å²) in [6.45, 7) is -4.27. The number of hydrogen-bond acceptors (Lipinski definition) is 47. The first kappa shape index (κ1) is 96.5. The summed E-state index contributed by atoms with van der Waals surface area (Å²) in [6, 6.07) is -7.69. The lowest BCUT2D eigenvalue weighted by molar-refractivity contribution is -0.393. The number of rotatable bonds is 31. The Morgan fingerprint density at radius 1 is 0.368 bits per heavy atom. The van der Waals surface area contributed by atoms with E-state index in [1.807, 2.05) is 0 Å². The molecule has 4 amide bonds. The Balaban J connectivity index is 1.02. The molecule has 676 valence electrons. The molecule has 9 fully saturated rings. The average Bonchev–Trinajstić information content (AvgIpc) is 0.760. The third-order valence-corrected chi connectivity index (χ3v) is 21.3. The molecule has 117 heavy (non-hydrogen) atoms. The van der Waals surface area contributed by atoms with Crippen LogP contribution in [-0.2, 0) is 104 Å². The Hall–Kier alpha value is -4.33. The summed E-state index contributed by atoms with van der Waals surface area (Å²) in [5.74, 6) is -9.25. The topological polar surface area (TPSA) is 816 Å². The van der Waals surface area contributed by atoms with Gasteiger partial charge in [0.05, 0.1) is 71.1 Å². The second-order valence-corrected chi connectivity index (χ2v) is 29.6. The van der Waals surface area contributed by atoms with Crippen LogP contribution in [0.25, 0.3) is 0 Å². The normalized spacial score (nSPS) is 47.9. The largest absolute Gasteiger partial charge is 0.477 e. The molecule has 0 saturated carbocycles. The summed E-state index contributed by atoms with van der Waals surface area (Å²) in [6.07, 6.45) is -87.5. The molecule has 0 radical (unpaired) electrons. The maximum Gasteiger partial charge on any atom is 0.364 e. The van der Waals surface area contributed by atoms with Crippen molar-refractivity contribution in [2.45, 2.75) is 323 Å². The quantitative estimate of drug-likeness (QED) is 0.0306. The molecule has 52 heteroatoms. The number of amides is 4. The van der Waals surface area contributed by atoms with E-state index in [0.29, 0.717) is 0 Å². The summed E-state index contributed by atoms with van der Waals surface area (Å²) in [4.78, 5) is 64.7. The molecule has 9 saturated heterocycles. The Kier molecular flexibility index (Phi) is 34.2. The van der Waals surface area contributed by atoms with Crippen LogP contribution in [0.4, 0.5) is 0 Å². The number of aliphatic hydroxyl groups is 25. The highest BCUT2D eigenvalue weighted by Gasteiger charge is 2.63. The van der Waals surface area contributed by atoms with E-state index >= 15 is 0 Å². The molecule has 0 aromatic rings. The van der Waals surface area contributed by atoms with E-state index in [2.05, 4.69) is 21.3 Å². The molecule has 9 aliphatic rings. The first-order chi connectivity index (χ1) is 55.1. The number of hydrogen-bond donors (Lipinski definition) is 30. The molecule has 1 unspecified atom stereocenters. The van der Waals surface area contributed by atoms with Gasteiger partial charge in [-0.2, -0.15) is 0 Å². The summed E-state index contributed by atoms with van der Waals surface area (Å²) in [7, 11) is 0. The Morgan fingerprint density at radius 2 is 0.735 bits per heavy atom. The predicted molar refractivity (Wildman–Crippen MR) is 359 cm³/mol. The van der Waals surface area contributed by atoms with Gasteiger partial charge in [-0.25, -0.2) is 4.79 Å². The fourth-order valence-corrected chi connectivity index (χ4v) is 15.1. The van der Waals surface area contributed by atoms with Crippen molar-refractivity contribution in [3.63, 3.8) is 0 Å². The van der Waals surface area contributed by atoms with Gasteiger partial charge in [-0.15, -0.1) is 0 Å². The molecular weight excluding hydrogens is 1600 g/mol. The van der Waals surface area contributed by atoms with Gasteiger partial charge in [-0.1, -0.05) is 0 Å². The van der Waals surface area contributed by atoms with Crippen molar-refractivity contribution in [1.82, 2.24) is 21.3 Å². The highest BCUT2D eigenvalue weighted by molar-refractivity contribution is 5.77. The van der Waals surface area contributed by atoms with Gasteiger partial charge in [0.2, 0.25) is 23.6 Å². The SMILES string of the molecule is CC(=O)N[C@@H]1[C@H](OC[C@H]2O[C@@H](O[C@H]3[C@H](O)[C@@H](NC(C)=O)[C@H](O[C@H]4[C@@H](O)[C@@H](CO)OC(O)[C@@H]4O)O[C@@H]3CO)[C@H](O)[C@@H](O[C@@H]3O[C@H](CO)[C@@H](O[C@@H]4O[C@H](CO)[C@H](O)[C@H](O)[C@H]4O[C@@H]4O[C@@H](C)[C@@H](O)[C@@H](O)[C@@H]4O)[C@H](O)[C@H]3NC(C)=O)[C@H]2O)O[C@H](CO)[C@@H](O[C@@H]2O[C@H](CO)[C@H](O)[C@H](O[C@]3(C(=O)O)C[C@H](O)[C@@H](NC(C)=O)[C@H]([C@H](O)[C@H](O)CO)O3)[C@H]2O)[C@@H]1O. The lowest BCUT2D eigenvalue weighted by Gasteiger charge is -2.51. The van der Waals surface area contributed by atoms with Crippen LogP contribution in [0.3, 0.4) is 0 Å². The van der Waals surface area contributed by atoms with Crippen molar-refractivity contribution in [3.8, 4) is 0 Å². The van der Waals surface area contributed by atoms with Crippen molar-refractivity contribution in [3.05, 3.63) is 0 Å². The van der Waals surface area contributed by atoms with Crippen LogP contribution >= 0.6 is 0 Å². The first-order valence-corrected chi connectivity index (χ1v) is 37.1. The number of aliphatic hydroxyl groups excluding tert-OH is 25. The third-order valence-electron chi connectivity index (χ3n) is 21.3. The predicted octanol–water partition coefficient (Wildman–Crippen LogP) is -19.8. The van der Waals surface area contributed by atoms with Gasteiger partial charge in [0, 0.05) is 34.1 Å². The molecular formula is C65H108N4O48. The number of ether oxygens (including phenoxy) is 17. The van der Waals surface area contributed by atoms with E-state index in [1.54, 1.807) is 0 Å². The number of aliphatic carboxylic acids is 1. The summed E-state index contributed by atoms with van der Waals surface area (Å²) in [5, 5.41) is 298. The smallest absolute Gasteiger partial charge is 0.364 e. The van der Waals surface area contributed by atoms with E-state index in [0.717, 1.165) is 27.7 Å². The van der Waals surface area contributed by atoms with Crippen molar-refractivity contribution < 1.29 is 237 Å². The fraction of sp³-hybridized carbons (Fsp3) is 0.923. The first-order valence-electron chi connectivity index (χ1n) is 37.1. The molecule has 9 rings (SSSR count). The molecule has 46 atom stereocenters. The molecule has 0 bridgehead atoms. The van der Waals surface area contributed by atoms with Crippen LogP contribution in [-0.4, -0.2) is 497 Å². The number of carbonyl (C=O) groups is 5. The van der Waals surface area contributed by atoms with Crippen LogP contribution in [0.15, 0.2) is 0 Å². The van der Waals surface area contributed by atoms with Crippen LogP contribution < -0.4 is 21.3 Å². The molecule has 0 aliphatic carbocycles. The third kappa shape index (κ3) is 21.2. The van der Waals surface area contributed by atoms with Gasteiger partial charge >= 0.3 is 5.97 Å². The standard InChI is InChI=1S/C65H108N4O48/c1-15-33(83)42(92)44(94)60(102-15)115-55-43(93)35(85)22(8-71)105-63(55)112-50-27(13-76)108-59(32(41(50)91)69-19(5)80)114-53-38(88)28(109-61(46(53)96)110-49-26(12-75)107-58(31(40(49)90)68-18(4)79)113-52-36(86)23(9-72)103-56(98)45(52)95)14-101-57-30(67-17(3)78)39(89)48(25(11-74)106-57)111-62-47(97)54(37(87)24(10-73)104-62)117-65(64(99)100)6-20(81)29(66-16(2)77)51(116-65)34(84)21(82)7-70/h15,20-63,70-76,81-98H,6-14H2,1-5H3,(H,66,77)(H,67,78)(H,68,79)(H,69,80)(H,99,100)/t15-,20-,21+,22+,23+,24+,25+,26+,27+,28+,29+,30-,31+,32+,33+,34+,35-,36-,37-,38-,39+,40+,41+,42+,43-,44-,45+,46+,47+,48+,49+,50+,51+,52-,53-,54-,55+,56?,57+,58-,59-,60-,61-,62-,63-,65-/m0/s1. The summed E-state index contributed by atoms with van der Waals surface area (Å²) in [5.41, 5.74) is 0. The maximum absolute atomic E-state index is 13.2. The van der Waals surface area contributed by atoms with Gasteiger partial charge in [-0.05, 0) is 6.92 Å². The van der Waals surface area contributed by atoms with Crippen molar-refractivity contribution in [1.29, 1.82) is 0 Å². The monoisotopic (exact) mass is 1710 g/mol. The maximum atomic E-state index is 13.2. The van der Waals surface area contributed by atoms with E-state index in [4.69, 9.17) is 80.5 Å². The number of carbonyl (C=O) groups excluding carboxylic acids is 4. The highest BCUT2D eigenvalue weighted by Crippen LogP contribution is 2.42. The van der Waals surface area contributed by atoms with Crippen molar-refractivity contribution in [2.75, 3.05) is 52.9 Å². The zero-order valence-corrected chi connectivity index (χ0v) is 63.0. The van der Waals surface area contributed by atoms with E-state index in [1.165, 1.54) is 6.92 Å². The zero-order chi connectivity index (χ0) is 86.6. The van der Waals surface area contributed by atoms with Gasteiger partial charge < -0.3 is 235 Å². The molecule has 9 heterocycles. The molecule has 52 nitrogen and oxygen atoms in total. The average molecular weight is 1710 g/mol. The number of nitrogens with one attached hydrogen (secondary N) is 4. The zero-order valence-electron chi connectivity index (χ0n) is 63.0. The van der Waals surface area contributed by atoms with E-state index in [-0.39, 0.29) is 0 Å². The summed E-state index contributed by atoms with van der Waals surface area (Å²) >= 11 is 0. The Morgan fingerprint density at radius 3 is 1.21 bits per heavy atom. The molecule has 30 N–H and O–H groups in total. The van der Waals surface area contributed by atoms with Gasteiger partial charge in [0.25, 0.3) is 5.79 Å². The van der Waals surface area contributed by atoms with E-state index in [9.17, 15) is 157 Å². The fourth-order valence-electron chi connectivity index (χ4n) is 15.1. The molecule has 0 spiro atoms. The van der Waals surface area contributed by atoms with E-state index < -0.39 is 371 Å². The second-order valence-electron chi connectivity index (χ2n) is 29.6. The minimum Gasteiger partial charge on any atom is -0.477 e. The minimum absolute atomic E-state index is 0.872. The van der Waals surface area contributed by atoms with Gasteiger partial charge in [0.1, 0.15) is 207 Å². The van der Waals surface area contributed by atoms with Crippen molar-refractivity contribution in [2.24, 2.45) is 0 Å². The Bertz CT molecular complexity index is 3190. The molecule has 0 aromatic heterocycles. The second kappa shape index (κ2) is 41.4. The van der Waals surface area contributed by atoms with Gasteiger partial charge in [-0.3, -0.25) is 19.2 Å². The minimum atomic E-state index is -3.29. The van der Waals surface area contributed by atoms with Crippen LogP contribution in [0.5, 0.6) is 0 Å². The van der Waals surface area contributed by atoms with Crippen molar-refractivity contribution >= 4 is 29.6 Å². The highest BCUT2D eigenvalue weighted by atomic mass is 16.8. The van der Waals surface area contributed by atoms with Gasteiger partial charge in [0.15, 0.2) is 50.3 Å². The van der Waals surface area contributed by atoms with Crippen LogP contribution in [0, 0.1) is 0 Å². The molecule has 9 aliphatic heterocycles. The lowest BCUT2D eigenvalue weighted by Crippen LogP contribution is -2.71. The number of carboxylic acid groups (broad SMARTS) is 1. The van der Waals surface area contributed by atoms with Crippen LogP contribution in [0.2, 0.25) is 0 Å². The molecule has 0 aromatic carbocycles.